The second-order valence-corrected chi connectivity index (χ2v) is 12.1. The van der Waals surface area contributed by atoms with Crippen LogP contribution in [0.25, 0.3) is 11.1 Å². The van der Waals surface area contributed by atoms with Gasteiger partial charge in [0.1, 0.15) is 5.75 Å². The highest BCUT2D eigenvalue weighted by atomic mass is 35.5. The number of ether oxygens (including phenoxy) is 2. The largest absolute Gasteiger partial charge is 0.494 e. The lowest BCUT2D eigenvalue weighted by atomic mass is 9.96. The first-order valence-electron chi connectivity index (χ1n) is 16.6. The molecule has 0 bridgehead atoms. The lowest BCUT2D eigenvalue weighted by Crippen LogP contribution is -2.47. The number of carbonyl (C=O) groups is 3. The van der Waals surface area contributed by atoms with E-state index in [0.717, 1.165) is 37.3 Å². The van der Waals surface area contributed by atoms with Gasteiger partial charge in [0.15, 0.2) is 5.75 Å². The molecule has 0 spiro atoms. The molecule has 0 aliphatic carbocycles. The molecule has 10 nitrogen and oxygen atoms in total. The molecule has 1 saturated heterocycles. The molecule has 12 heteroatoms. The number of anilines is 1. The van der Waals surface area contributed by atoms with Crippen molar-refractivity contribution in [3.63, 3.8) is 0 Å². The van der Waals surface area contributed by atoms with Crippen molar-refractivity contribution in [3.05, 3.63) is 113 Å². The van der Waals surface area contributed by atoms with Gasteiger partial charge in [0, 0.05) is 50.9 Å². The summed E-state index contributed by atoms with van der Waals surface area (Å²) in [6, 6.07) is 27.6. The van der Waals surface area contributed by atoms with Gasteiger partial charge in [-0.25, -0.2) is 0 Å². The summed E-state index contributed by atoms with van der Waals surface area (Å²) < 4.78 is 11.7. The highest BCUT2D eigenvalue weighted by Gasteiger charge is 2.25. The molecular weight excluding hydrogens is 689 g/mol. The van der Waals surface area contributed by atoms with E-state index in [2.05, 4.69) is 17.3 Å². The lowest BCUT2D eigenvalue weighted by Gasteiger charge is -2.32. The van der Waals surface area contributed by atoms with Crippen LogP contribution in [0.2, 0.25) is 0 Å². The molecule has 0 atom stereocenters. The summed E-state index contributed by atoms with van der Waals surface area (Å²) in [4.78, 5) is 46.3. The average molecular weight is 737 g/mol. The molecule has 1 aliphatic heterocycles. The summed E-state index contributed by atoms with van der Waals surface area (Å²) in [7, 11) is 5.36. The van der Waals surface area contributed by atoms with Crippen LogP contribution in [0.5, 0.6) is 11.5 Å². The third-order valence-corrected chi connectivity index (χ3v) is 8.71. The zero-order chi connectivity index (χ0) is 34.8. The minimum Gasteiger partial charge on any atom is -0.494 e. The molecule has 0 unspecified atom stereocenters. The number of likely N-dealkylation sites (N-methyl/N-ethyl adjacent to an activating group) is 2. The maximum atomic E-state index is 14.0. The van der Waals surface area contributed by atoms with Crippen LogP contribution >= 0.6 is 24.8 Å². The van der Waals surface area contributed by atoms with Gasteiger partial charge in [-0.3, -0.25) is 14.4 Å². The smallest absolute Gasteiger partial charge is 0.259 e. The van der Waals surface area contributed by atoms with E-state index >= 15 is 0 Å². The minimum atomic E-state index is -0.367. The molecule has 0 aromatic heterocycles. The van der Waals surface area contributed by atoms with E-state index in [-0.39, 0.29) is 42.5 Å². The van der Waals surface area contributed by atoms with Crippen LogP contribution in [0.15, 0.2) is 91.0 Å². The van der Waals surface area contributed by atoms with Crippen LogP contribution in [0.3, 0.4) is 0 Å². The number of methoxy groups -OCH3 is 1. The van der Waals surface area contributed by atoms with Crippen LogP contribution < -0.4 is 20.5 Å². The molecule has 1 heterocycles. The van der Waals surface area contributed by atoms with E-state index in [1.54, 1.807) is 42.3 Å². The molecule has 4 aromatic carbocycles. The fourth-order valence-corrected chi connectivity index (χ4v) is 5.81. The van der Waals surface area contributed by atoms with E-state index < -0.39 is 0 Å². The first kappa shape index (κ1) is 40.8. The van der Waals surface area contributed by atoms with Crippen LogP contribution in [-0.4, -0.2) is 99.5 Å². The van der Waals surface area contributed by atoms with Crippen molar-refractivity contribution < 1.29 is 23.9 Å². The molecule has 4 aromatic rings. The third kappa shape index (κ3) is 10.2. The van der Waals surface area contributed by atoms with Crippen LogP contribution in [0.4, 0.5) is 5.69 Å². The van der Waals surface area contributed by atoms with Gasteiger partial charge in [0.25, 0.3) is 17.7 Å². The fraction of sp³-hybridized carbons (Fsp3) is 0.308. The maximum Gasteiger partial charge on any atom is 0.259 e. The Morgan fingerprint density at radius 1 is 0.843 bits per heavy atom. The normalized spacial score (nSPS) is 12.6. The predicted molar refractivity (Wildman–Crippen MR) is 207 cm³/mol. The molecule has 51 heavy (non-hydrogen) atoms. The first-order valence-corrected chi connectivity index (χ1v) is 16.6. The van der Waals surface area contributed by atoms with Crippen LogP contribution in [-0.2, 0) is 6.42 Å². The summed E-state index contributed by atoms with van der Waals surface area (Å²) >= 11 is 0. The molecule has 1 aliphatic rings. The molecule has 0 radical (unpaired) electrons. The van der Waals surface area contributed by atoms with Gasteiger partial charge in [0.05, 0.1) is 30.5 Å². The van der Waals surface area contributed by atoms with Crippen molar-refractivity contribution in [2.24, 2.45) is 5.73 Å². The van der Waals surface area contributed by atoms with E-state index in [1.807, 2.05) is 65.6 Å². The highest BCUT2D eigenvalue weighted by molar-refractivity contribution is 6.09. The summed E-state index contributed by atoms with van der Waals surface area (Å²) in [5.41, 5.74) is 9.91. The van der Waals surface area contributed by atoms with Crippen molar-refractivity contribution in [2.75, 3.05) is 72.4 Å². The molecular formula is C39H47Cl2N5O5. The number of para-hydroxylation sites is 1. The van der Waals surface area contributed by atoms with Gasteiger partial charge in [-0.2, -0.15) is 0 Å². The summed E-state index contributed by atoms with van der Waals surface area (Å²) in [6.45, 7) is 4.55. The van der Waals surface area contributed by atoms with Crippen molar-refractivity contribution in [1.29, 1.82) is 0 Å². The lowest BCUT2D eigenvalue weighted by molar-refractivity contribution is 0.0663. The Kier molecular flexibility index (Phi) is 15.8. The summed E-state index contributed by atoms with van der Waals surface area (Å²) in [5.74, 6) is 0.332. The molecule has 5 rings (SSSR count). The maximum absolute atomic E-state index is 14.0. The number of halogens is 2. The Morgan fingerprint density at radius 3 is 2.18 bits per heavy atom. The third-order valence-electron chi connectivity index (χ3n) is 8.71. The second kappa shape index (κ2) is 19.7. The Balaban J connectivity index is 0.00000351. The fourth-order valence-electron chi connectivity index (χ4n) is 5.81. The van der Waals surface area contributed by atoms with E-state index in [4.69, 9.17) is 15.2 Å². The molecule has 0 saturated carbocycles. The number of nitrogens with one attached hydrogen (secondary N) is 1. The number of hydrogen-bond donors (Lipinski definition) is 2. The number of benzene rings is 4. The number of piperazine rings is 1. The van der Waals surface area contributed by atoms with E-state index in [9.17, 15) is 14.4 Å². The number of nitrogens with two attached hydrogens (primary N) is 1. The van der Waals surface area contributed by atoms with Gasteiger partial charge in [-0.05, 0) is 74.0 Å². The Morgan fingerprint density at radius 2 is 1.51 bits per heavy atom. The SMILES string of the molecule is COc1c(NC(=O)c2ccccc2OCCCN)ccc(C(=O)N(C)CCc2ccc(C(=O)N3CCN(C)CC3)cc2)c1-c1ccccc1.Cl.Cl. The van der Waals surface area contributed by atoms with Crippen LogP contribution in [0, 0.1) is 0 Å². The van der Waals surface area contributed by atoms with Crippen molar-refractivity contribution in [2.45, 2.75) is 12.8 Å². The number of amides is 3. The summed E-state index contributed by atoms with van der Waals surface area (Å²) in [5, 5.41) is 2.97. The molecule has 272 valence electrons. The Hall–Kier alpha value is -4.61. The zero-order valence-corrected chi connectivity index (χ0v) is 30.9. The van der Waals surface area contributed by atoms with Gasteiger partial charge in [-0.15, -0.1) is 24.8 Å². The number of carbonyl (C=O) groups excluding carboxylic acids is 3. The van der Waals surface area contributed by atoms with Crippen molar-refractivity contribution >= 4 is 48.2 Å². The molecule has 3 N–H and O–H groups in total. The monoisotopic (exact) mass is 735 g/mol. The highest BCUT2D eigenvalue weighted by Crippen LogP contribution is 2.40. The predicted octanol–water partition coefficient (Wildman–Crippen LogP) is 5.89. The molecule has 3 amide bonds. The quantitative estimate of drug-likeness (QED) is 0.165. The van der Waals surface area contributed by atoms with Gasteiger partial charge >= 0.3 is 0 Å². The minimum absolute atomic E-state index is 0. The zero-order valence-electron chi connectivity index (χ0n) is 29.3. The average Bonchev–Trinajstić information content (AvgIpc) is 3.14. The molecule has 1 fully saturated rings. The first-order chi connectivity index (χ1) is 23.8. The summed E-state index contributed by atoms with van der Waals surface area (Å²) in [6.07, 6.45) is 1.28. The van der Waals surface area contributed by atoms with E-state index in [0.29, 0.717) is 72.0 Å². The Labute approximate surface area is 312 Å². The number of rotatable bonds is 13. The second-order valence-electron chi connectivity index (χ2n) is 12.1. The number of nitrogens with zero attached hydrogens (tertiary/aromatic N) is 3. The number of hydrogen-bond acceptors (Lipinski definition) is 7. The van der Waals surface area contributed by atoms with E-state index in [1.165, 1.54) is 7.11 Å². The van der Waals surface area contributed by atoms with Gasteiger partial charge in [0.2, 0.25) is 0 Å². The topological polar surface area (TPSA) is 117 Å². The Bertz CT molecular complexity index is 1750. The van der Waals surface area contributed by atoms with Crippen molar-refractivity contribution in [1.82, 2.24) is 14.7 Å². The van der Waals surface area contributed by atoms with Gasteiger partial charge in [-0.1, -0.05) is 54.6 Å². The van der Waals surface area contributed by atoms with Gasteiger partial charge < -0.3 is 35.2 Å². The van der Waals surface area contributed by atoms with Crippen molar-refractivity contribution in [3.8, 4) is 22.6 Å². The standard InChI is InChI=1S/C39H45N5O5.2ClH/c1-42-23-25-44(26-24-42)38(46)30-16-14-28(15-17-30)20-22-43(2)39(47)32-18-19-33(36(48-3)35(32)29-10-5-4-6-11-29)41-37(45)31-12-7-8-13-34(31)49-27-9-21-40;;/h4-8,10-19H,9,20-27,40H2,1-3H3,(H,41,45);2*1H. The van der Waals surface area contributed by atoms with Crippen LogP contribution in [0.1, 0.15) is 43.1 Å².